The lowest BCUT2D eigenvalue weighted by molar-refractivity contribution is 0.0377. The van der Waals surface area contributed by atoms with E-state index in [2.05, 4.69) is 0 Å². The van der Waals surface area contributed by atoms with Crippen LogP contribution in [0.3, 0.4) is 0 Å². The van der Waals surface area contributed by atoms with Crippen molar-refractivity contribution < 1.29 is 19.1 Å². The molecule has 2 rings (SSSR count). The number of nitrogen functional groups attached to an aromatic ring is 1. The molecule has 0 spiro atoms. The molecule has 7 nitrogen and oxygen atoms in total. The molecule has 0 amide bonds. The minimum absolute atomic E-state index is 0.0273. The Morgan fingerprint density at radius 1 is 1.29 bits per heavy atom. The van der Waals surface area contributed by atoms with Crippen LogP contribution in [0.2, 0.25) is 0 Å². The number of esters is 2. The predicted molar refractivity (Wildman–Crippen MR) is 86.8 cm³/mol. The first-order chi connectivity index (χ1) is 11.4. The number of carbonyl (C=O) groups is 2. The Labute approximate surface area is 139 Å². The second-order valence-electron chi connectivity index (χ2n) is 5.28. The maximum Gasteiger partial charge on any atom is 0.357 e. The number of benzene rings is 1. The molecule has 124 valence electrons. The molecule has 7 heteroatoms. The van der Waals surface area contributed by atoms with Crippen molar-refractivity contribution in [1.82, 2.24) is 4.57 Å². The van der Waals surface area contributed by atoms with Gasteiger partial charge in [0.25, 0.3) is 0 Å². The van der Waals surface area contributed by atoms with Gasteiger partial charge >= 0.3 is 11.9 Å². The first kappa shape index (κ1) is 17.1. The largest absolute Gasteiger partial charge is 0.464 e. The fourth-order valence-electron chi connectivity index (χ4n) is 2.18. The van der Waals surface area contributed by atoms with E-state index in [9.17, 15) is 9.59 Å². The van der Waals surface area contributed by atoms with Crippen molar-refractivity contribution in [1.29, 1.82) is 5.26 Å². The van der Waals surface area contributed by atoms with Gasteiger partial charge in [-0.25, -0.2) is 9.59 Å². The van der Waals surface area contributed by atoms with Gasteiger partial charge in [0.2, 0.25) is 0 Å². The molecular formula is C17H17N3O4. The number of nitrogens with two attached hydrogens (primary N) is 1. The highest BCUT2D eigenvalue weighted by atomic mass is 16.5. The lowest BCUT2D eigenvalue weighted by Gasteiger charge is -2.11. The minimum Gasteiger partial charge on any atom is -0.464 e. The molecule has 0 aliphatic rings. The molecule has 0 saturated heterocycles. The van der Waals surface area contributed by atoms with E-state index in [1.54, 1.807) is 38.1 Å². The van der Waals surface area contributed by atoms with Crippen LogP contribution in [0.15, 0.2) is 30.5 Å². The number of methoxy groups -OCH3 is 1. The Balaban J connectivity index is 2.55. The molecule has 1 aromatic carbocycles. The first-order valence-electron chi connectivity index (χ1n) is 7.19. The number of nitrogens with zero attached hydrogens (tertiary/aromatic N) is 2. The zero-order chi connectivity index (χ0) is 17.9. The van der Waals surface area contributed by atoms with Gasteiger partial charge in [0.05, 0.1) is 30.0 Å². The Hall–Kier alpha value is -3.27. The molecule has 1 aromatic heterocycles. The van der Waals surface area contributed by atoms with E-state index >= 15 is 0 Å². The number of rotatable bonds is 4. The van der Waals surface area contributed by atoms with Crippen molar-refractivity contribution in [2.75, 3.05) is 12.8 Å². The van der Waals surface area contributed by atoms with Crippen LogP contribution in [0.1, 0.15) is 40.3 Å². The number of aromatic nitrogens is 1. The summed E-state index contributed by atoms with van der Waals surface area (Å²) in [7, 11) is 1.22. The van der Waals surface area contributed by atoms with Crippen LogP contribution < -0.4 is 5.73 Å². The molecule has 1 heterocycles. The molecule has 0 unspecified atom stereocenters. The van der Waals surface area contributed by atoms with Crippen molar-refractivity contribution in [2.24, 2.45) is 0 Å². The third-order valence-electron chi connectivity index (χ3n) is 3.25. The van der Waals surface area contributed by atoms with Gasteiger partial charge in [-0.3, -0.25) is 0 Å². The van der Waals surface area contributed by atoms with Gasteiger partial charge in [0, 0.05) is 11.9 Å². The molecule has 0 aliphatic heterocycles. The smallest absolute Gasteiger partial charge is 0.357 e. The highest BCUT2D eigenvalue weighted by Crippen LogP contribution is 2.25. The molecule has 0 radical (unpaired) electrons. The monoisotopic (exact) mass is 327 g/mol. The second kappa shape index (κ2) is 6.87. The van der Waals surface area contributed by atoms with Gasteiger partial charge in [0.1, 0.15) is 6.07 Å². The quantitative estimate of drug-likeness (QED) is 0.863. The Morgan fingerprint density at radius 3 is 2.58 bits per heavy atom. The second-order valence-corrected chi connectivity index (χ2v) is 5.28. The molecule has 0 saturated carbocycles. The molecule has 24 heavy (non-hydrogen) atoms. The van der Waals surface area contributed by atoms with Crippen molar-refractivity contribution in [3.63, 3.8) is 0 Å². The summed E-state index contributed by atoms with van der Waals surface area (Å²) in [5.41, 5.74) is 6.87. The summed E-state index contributed by atoms with van der Waals surface area (Å²) in [5, 5.41) is 9.13. The third kappa shape index (κ3) is 3.22. The summed E-state index contributed by atoms with van der Waals surface area (Å²) < 4.78 is 11.3. The van der Waals surface area contributed by atoms with Crippen LogP contribution in [0.25, 0.3) is 5.69 Å². The summed E-state index contributed by atoms with van der Waals surface area (Å²) in [6.07, 6.45) is 1.17. The van der Waals surface area contributed by atoms with Gasteiger partial charge in [-0.15, -0.1) is 0 Å². The number of hydrogen-bond acceptors (Lipinski definition) is 6. The Morgan fingerprint density at radius 2 is 2.00 bits per heavy atom. The lowest BCUT2D eigenvalue weighted by Crippen LogP contribution is -2.13. The van der Waals surface area contributed by atoms with E-state index in [0.29, 0.717) is 11.3 Å². The topological polar surface area (TPSA) is 107 Å². The zero-order valence-corrected chi connectivity index (χ0v) is 13.6. The summed E-state index contributed by atoms with van der Waals surface area (Å²) >= 11 is 0. The number of ether oxygens (including phenoxy) is 2. The summed E-state index contributed by atoms with van der Waals surface area (Å²) in [6.45, 7) is 3.51. The van der Waals surface area contributed by atoms with Crippen molar-refractivity contribution in [2.45, 2.75) is 20.0 Å². The third-order valence-corrected chi connectivity index (χ3v) is 3.25. The number of carbonyl (C=O) groups excluding carboxylic acids is 2. The van der Waals surface area contributed by atoms with E-state index in [-0.39, 0.29) is 23.0 Å². The van der Waals surface area contributed by atoms with Crippen LogP contribution in [0.4, 0.5) is 5.69 Å². The van der Waals surface area contributed by atoms with Crippen molar-refractivity contribution in [3.05, 3.63) is 47.3 Å². The summed E-state index contributed by atoms with van der Waals surface area (Å²) in [6, 6.07) is 8.41. The van der Waals surface area contributed by atoms with E-state index in [1.807, 2.05) is 6.07 Å². The van der Waals surface area contributed by atoms with Crippen molar-refractivity contribution >= 4 is 17.6 Å². The van der Waals surface area contributed by atoms with E-state index in [1.165, 1.54) is 17.9 Å². The molecule has 2 aromatic rings. The fraction of sp³-hybridized carbons (Fsp3) is 0.235. The molecule has 2 N–H and O–H groups in total. The normalized spacial score (nSPS) is 10.3. The first-order valence-corrected chi connectivity index (χ1v) is 7.19. The zero-order valence-electron chi connectivity index (χ0n) is 13.6. The van der Waals surface area contributed by atoms with Crippen LogP contribution in [0.5, 0.6) is 0 Å². The Bertz CT molecular complexity index is 831. The van der Waals surface area contributed by atoms with Gasteiger partial charge in [-0.05, 0) is 32.0 Å². The van der Waals surface area contributed by atoms with Crippen LogP contribution in [0, 0.1) is 11.3 Å². The van der Waals surface area contributed by atoms with Crippen LogP contribution >= 0.6 is 0 Å². The SMILES string of the molecule is COC(=O)c1c(N)c(C#N)cn1-c1cccc(C(=O)OC(C)C)c1. The van der Waals surface area contributed by atoms with Crippen LogP contribution in [-0.2, 0) is 9.47 Å². The highest BCUT2D eigenvalue weighted by Gasteiger charge is 2.22. The van der Waals surface area contributed by atoms with Gasteiger partial charge < -0.3 is 19.8 Å². The standard InChI is InChI=1S/C17H17N3O4/c1-10(2)24-16(21)11-5-4-6-13(7-11)20-9-12(8-18)14(19)15(20)17(22)23-3/h4-7,9-10H,19H2,1-3H3. The molecule has 0 fully saturated rings. The van der Waals surface area contributed by atoms with Gasteiger partial charge in [-0.1, -0.05) is 6.07 Å². The van der Waals surface area contributed by atoms with E-state index < -0.39 is 11.9 Å². The average Bonchev–Trinajstić information content (AvgIpc) is 2.90. The summed E-state index contributed by atoms with van der Waals surface area (Å²) in [4.78, 5) is 24.0. The molecule has 0 bridgehead atoms. The maximum atomic E-state index is 12.0. The van der Waals surface area contributed by atoms with Crippen LogP contribution in [-0.4, -0.2) is 29.7 Å². The van der Waals surface area contributed by atoms with Crippen molar-refractivity contribution in [3.8, 4) is 11.8 Å². The Kier molecular flexibility index (Phi) is 4.90. The van der Waals surface area contributed by atoms with E-state index in [0.717, 1.165) is 0 Å². The molecule has 0 aliphatic carbocycles. The molecule has 0 atom stereocenters. The lowest BCUT2D eigenvalue weighted by atomic mass is 10.2. The van der Waals surface area contributed by atoms with Gasteiger partial charge in [0.15, 0.2) is 5.69 Å². The summed E-state index contributed by atoms with van der Waals surface area (Å²) in [5.74, 6) is -1.16. The fourth-order valence-corrected chi connectivity index (χ4v) is 2.18. The number of nitriles is 1. The number of hydrogen-bond donors (Lipinski definition) is 1. The molecular weight excluding hydrogens is 310 g/mol. The minimum atomic E-state index is -0.677. The average molecular weight is 327 g/mol. The predicted octanol–water partition coefficient (Wildman–Crippen LogP) is 2.28. The highest BCUT2D eigenvalue weighted by molar-refractivity contribution is 5.96. The maximum absolute atomic E-state index is 12.0. The van der Waals surface area contributed by atoms with Gasteiger partial charge in [-0.2, -0.15) is 5.26 Å². The number of anilines is 1. The van der Waals surface area contributed by atoms with E-state index in [4.69, 9.17) is 20.5 Å².